The zero-order valence-electron chi connectivity index (χ0n) is 8.86. The Morgan fingerprint density at radius 1 is 1.21 bits per heavy atom. The Labute approximate surface area is 85.6 Å². The maximum Gasteiger partial charge on any atom is 0.116 e. The van der Waals surface area contributed by atoms with E-state index in [1.54, 1.807) is 6.21 Å². The van der Waals surface area contributed by atoms with Crippen LogP contribution in [-0.4, -0.2) is 12.8 Å². The van der Waals surface area contributed by atoms with Crippen LogP contribution >= 0.6 is 0 Å². The fraction of sp³-hybridized carbons (Fsp3) is 0.417. The minimum absolute atomic E-state index is 0.684. The maximum absolute atomic E-state index is 5.01. The Kier molecular flexibility index (Phi) is 4.76. The van der Waals surface area contributed by atoms with Crippen molar-refractivity contribution < 1.29 is 4.84 Å². The molecule has 0 aromatic heterocycles. The molecule has 0 heterocycles. The van der Waals surface area contributed by atoms with Gasteiger partial charge in [0.15, 0.2) is 0 Å². The van der Waals surface area contributed by atoms with Crippen molar-refractivity contribution in [1.82, 2.24) is 0 Å². The molecule has 0 amide bonds. The molecule has 0 fully saturated rings. The summed E-state index contributed by atoms with van der Waals surface area (Å²) < 4.78 is 0. The van der Waals surface area contributed by atoms with E-state index >= 15 is 0 Å². The summed E-state index contributed by atoms with van der Waals surface area (Å²) in [5, 5.41) is 3.86. The lowest BCUT2D eigenvalue weighted by molar-refractivity contribution is 0.146. The van der Waals surface area contributed by atoms with Gasteiger partial charge in [-0.2, -0.15) is 0 Å². The molecule has 0 aliphatic rings. The predicted octanol–water partition coefficient (Wildman–Crippen LogP) is 3.01. The molecule has 0 spiro atoms. The van der Waals surface area contributed by atoms with E-state index < -0.39 is 0 Å². The summed E-state index contributed by atoms with van der Waals surface area (Å²) in [6, 6.07) is 8.33. The molecule has 2 heteroatoms. The average molecular weight is 191 g/mol. The van der Waals surface area contributed by atoms with Gasteiger partial charge in [-0.15, -0.1) is 0 Å². The summed E-state index contributed by atoms with van der Waals surface area (Å²) >= 11 is 0. The third kappa shape index (κ3) is 3.60. The van der Waals surface area contributed by atoms with Gasteiger partial charge in [-0.1, -0.05) is 43.3 Å². The normalized spacial score (nSPS) is 10.7. The van der Waals surface area contributed by atoms with Crippen LogP contribution in [0.3, 0.4) is 0 Å². The van der Waals surface area contributed by atoms with E-state index in [0.717, 1.165) is 18.4 Å². The second-order valence-electron chi connectivity index (χ2n) is 3.16. The minimum atomic E-state index is 0.684. The van der Waals surface area contributed by atoms with Gasteiger partial charge in [-0.3, -0.25) is 0 Å². The molecule has 1 aromatic carbocycles. The predicted molar refractivity (Wildman–Crippen MR) is 59.7 cm³/mol. The highest BCUT2D eigenvalue weighted by Gasteiger charge is 1.89. The molecule has 76 valence electrons. The number of hydrogen-bond acceptors (Lipinski definition) is 2. The number of hydrogen-bond donors (Lipinski definition) is 0. The quantitative estimate of drug-likeness (QED) is 0.398. The molecule has 0 unspecified atom stereocenters. The molecule has 0 aliphatic carbocycles. The van der Waals surface area contributed by atoms with E-state index in [1.165, 1.54) is 5.56 Å². The summed E-state index contributed by atoms with van der Waals surface area (Å²) in [4.78, 5) is 5.01. The van der Waals surface area contributed by atoms with Crippen molar-refractivity contribution in [2.75, 3.05) is 6.61 Å². The summed E-state index contributed by atoms with van der Waals surface area (Å²) in [6.07, 6.45) is 3.81. The van der Waals surface area contributed by atoms with Gasteiger partial charge in [-0.05, 0) is 24.0 Å². The molecule has 1 aromatic rings. The summed E-state index contributed by atoms with van der Waals surface area (Å²) in [6.45, 7) is 4.89. The number of aryl methyl sites for hydroxylation is 1. The van der Waals surface area contributed by atoms with Gasteiger partial charge in [0.2, 0.25) is 0 Å². The molecule has 0 atom stereocenters. The van der Waals surface area contributed by atoms with Gasteiger partial charge in [0.1, 0.15) is 6.61 Å². The molecular weight excluding hydrogens is 174 g/mol. The SMILES string of the molecule is CCCON=Cc1ccc(CC)cc1. The van der Waals surface area contributed by atoms with Crippen LogP contribution in [0, 0.1) is 0 Å². The monoisotopic (exact) mass is 191 g/mol. The summed E-state index contributed by atoms with van der Waals surface area (Å²) in [5.41, 5.74) is 2.43. The first kappa shape index (κ1) is 10.8. The highest BCUT2D eigenvalue weighted by atomic mass is 16.6. The first-order chi connectivity index (χ1) is 6.86. The Morgan fingerprint density at radius 2 is 1.93 bits per heavy atom. The van der Waals surface area contributed by atoms with Crippen molar-refractivity contribution in [2.24, 2.45) is 5.16 Å². The number of nitrogens with zero attached hydrogens (tertiary/aromatic N) is 1. The molecule has 2 nitrogen and oxygen atoms in total. The van der Waals surface area contributed by atoms with E-state index in [-0.39, 0.29) is 0 Å². The Morgan fingerprint density at radius 3 is 2.50 bits per heavy atom. The van der Waals surface area contributed by atoms with Crippen LogP contribution in [0.5, 0.6) is 0 Å². The molecule has 0 N–H and O–H groups in total. The summed E-state index contributed by atoms with van der Waals surface area (Å²) in [5.74, 6) is 0. The lowest BCUT2D eigenvalue weighted by Crippen LogP contribution is -1.87. The second kappa shape index (κ2) is 6.19. The van der Waals surface area contributed by atoms with Gasteiger partial charge < -0.3 is 4.84 Å². The number of oxime groups is 1. The minimum Gasteiger partial charge on any atom is -0.396 e. The zero-order valence-corrected chi connectivity index (χ0v) is 8.86. The van der Waals surface area contributed by atoms with Crippen LogP contribution in [0.15, 0.2) is 29.4 Å². The topological polar surface area (TPSA) is 21.6 Å². The fourth-order valence-corrected chi connectivity index (χ4v) is 1.08. The summed E-state index contributed by atoms with van der Waals surface area (Å²) in [7, 11) is 0. The van der Waals surface area contributed by atoms with Crippen molar-refractivity contribution in [3.05, 3.63) is 35.4 Å². The van der Waals surface area contributed by atoms with Gasteiger partial charge in [0.05, 0.1) is 6.21 Å². The zero-order chi connectivity index (χ0) is 10.2. The molecule has 14 heavy (non-hydrogen) atoms. The van der Waals surface area contributed by atoms with E-state index in [0.29, 0.717) is 6.61 Å². The van der Waals surface area contributed by atoms with Crippen molar-refractivity contribution in [3.63, 3.8) is 0 Å². The van der Waals surface area contributed by atoms with Gasteiger partial charge >= 0.3 is 0 Å². The highest BCUT2D eigenvalue weighted by molar-refractivity contribution is 5.79. The van der Waals surface area contributed by atoms with Crippen LogP contribution in [-0.2, 0) is 11.3 Å². The highest BCUT2D eigenvalue weighted by Crippen LogP contribution is 2.02. The smallest absolute Gasteiger partial charge is 0.116 e. The van der Waals surface area contributed by atoms with Crippen molar-refractivity contribution in [1.29, 1.82) is 0 Å². The standard InChI is InChI=1S/C12H17NO/c1-3-9-14-13-10-12-7-5-11(4-2)6-8-12/h5-8,10H,3-4,9H2,1-2H3. The van der Waals surface area contributed by atoms with Gasteiger partial charge in [0.25, 0.3) is 0 Å². The number of rotatable bonds is 5. The number of benzene rings is 1. The third-order valence-electron chi connectivity index (χ3n) is 1.96. The average Bonchev–Trinajstić information content (AvgIpc) is 2.25. The van der Waals surface area contributed by atoms with Crippen molar-refractivity contribution in [3.8, 4) is 0 Å². The van der Waals surface area contributed by atoms with Crippen molar-refractivity contribution >= 4 is 6.21 Å². The lowest BCUT2D eigenvalue weighted by Gasteiger charge is -1.97. The van der Waals surface area contributed by atoms with Gasteiger partial charge in [-0.25, -0.2) is 0 Å². The van der Waals surface area contributed by atoms with Crippen LogP contribution in [0.4, 0.5) is 0 Å². The fourth-order valence-electron chi connectivity index (χ4n) is 1.08. The second-order valence-corrected chi connectivity index (χ2v) is 3.16. The largest absolute Gasteiger partial charge is 0.396 e. The molecule has 0 radical (unpaired) electrons. The van der Waals surface area contributed by atoms with Gasteiger partial charge in [0, 0.05) is 0 Å². The van der Waals surface area contributed by atoms with E-state index in [2.05, 4.69) is 43.3 Å². The van der Waals surface area contributed by atoms with Crippen LogP contribution in [0.25, 0.3) is 0 Å². The van der Waals surface area contributed by atoms with Crippen molar-refractivity contribution in [2.45, 2.75) is 26.7 Å². The van der Waals surface area contributed by atoms with Crippen LogP contribution in [0.2, 0.25) is 0 Å². The molecular formula is C12H17NO. The maximum atomic E-state index is 5.01. The lowest BCUT2D eigenvalue weighted by atomic mass is 10.1. The molecule has 0 saturated heterocycles. The van der Waals surface area contributed by atoms with E-state index in [9.17, 15) is 0 Å². The van der Waals surface area contributed by atoms with E-state index in [4.69, 9.17) is 4.84 Å². The van der Waals surface area contributed by atoms with E-state index in [1.807, 2.05) is 0 Å². The third-order valence-corrected chi connectivity index (χ3v) is 1.96. The Bertz CT molecular complexity index is 277. The molecule has 0 aliphatic heterocycles. The van der Waals surface area contributed by atoms with Crippen LogP contribution in [0.1, 0.15) is 31.4 Å². The van der Waals surface area contributed by atoms with Crippen LogP contribution < -0.4 is 0 Å². The molecule has 0 saturated carbocycles. The Balaban J connectivity index is 2.47. The Hall–Kier alpha value is -1.31. The first-order valence-corrected chi connectivity index (χ1v) is 5.11. The molecule has 1 rings (SSSR count). The molecule has 0 bridgehead atoms. The first-order valence-electron chi connectivity index (χ1n) is 5.11.